The number of likely N-dealkylation sites (N-methyl/N-ethyl adjacent to an activating group) is 1. The monoisotopic (exact) mass is 278 g/mol. The molecule has 1 aliphatic rings. The van der Waals surface area contributed by atoms with Gasteiger partial charge in [-0.15, -0.1) is 0 Å². The van der Waals surface area contributed by atoms with Gasteiger partial charge in [0, 0.05) is 13.6 Å². The molecule has 0 aliphatic heterocycles. The van der Waals surface area contributed by atoms with E-state index in [0.29, 0.717) is 18.0 Å². The van der Waals surface area contributed by atoms with Crippen molar-refractivity contribution in [3.8, 4) is 5.75 Å². The summed E-state index contributed by atoms with van der Waals surface area (Å²) in [6, 6.07) is 7.07. The molecule has 1 amide bonds. The fourth-order valence-electron chi connectivity index (χ4n) is 2.58. The number of rotatable bonds is 5. The molecular weight excluding hydrogens is 256 g/mol. The van der Waals surface area contributed by atoms with E-state index in [-0.39, 0.29) is 12.5 Å². The molecule has 0 radical (unpaired) electrons. The highest BCUT2D eigenvalue weighted by Gasteiger charge is 2.33. The van der Waals surface area contributed by atoms with Crippen LogP contribution in [0.1, 0.15) is 25.7 Å². The van der Waals surface area contributed by atoms with Crippen molar-refractivity contribution in [3.05, 3.63) is 24.3 Å². The number of nitrogen functional groups attached to an aromatic ring is 1. The minimum absolute atomic E-state index is 0.0687. The molecule has 2 rings (SSSR count). The Morgan fingerprint density at radius 3 is 2.70 bits per heavy atom. The highest BCUT2D eigenvalue weighted by atomic mass is 16.5. The van der Waals surface area contributed by atoms with E-state index in [2.05, 4.69) is 0 Å². The van der Waals surface area contributed by atoms with E-state index < -0.39 is 5.60 Å². The zero-order valence-electron chi connectivity index (χ0n) is 11.8. The van der Waals surface area contributed by atoms with E-state index in [4.69, 9.17) is 10.5 Å². The number of hydrogen-bond acceptors (Lipinski definition) is 4. The zero-order chi connectivity index (χ0) is 14.6. The van der Waals surface area contributed by atoms with Gasteiger partial charge in [-0.3, -0.25) is 4.79 Å². The van der Waals surface area contributed by atoms with E-state index in [1.54, 1.807) is 25.2 Å². The fourth-order valence-corrected chi connectivity index (χ4v) is 2.58. The summed E-state index contributed by atoms with van der Waals surface area (Å²) in [5.74, 6) is 0.349. The molecule has 110 valence electrons. The third kappa shape index (κ3) is 3.63. The van der Waals surface area contributed by atoms with Crippen LogP contribution >= 0.6 is 0 Å². The number of nitrogens with two attached hydrogens (primary N) is 1. The first-order valence-corrected chi connectivity index (χ1v) is 6.94. The second-order valence-corrected chi connectivity index (χ2v) is 5.51. The second kappa shape index (κ2) is 6.13. The minimum Gasteiger partial charge on any atom is -0.482 e. The molecule has 0 spiro atoms. The van der Waals surface area contributed by atoms with Gasteiger partial charge < -0.3 is 20.5 Å². The lowest BCUT2D eigenvalue weighted by Crippen LogP contribution is -2.43. The van der Waals surface area contributed by atoms with Crippen LogP contribution in [0.5, 0.6) is 5.75 Å². The van der Waals surface area contributed by atoms with Crippen molar-refractivity contribution in [1.29, 1.82) is 0 Å². The average Bonchev–Trinajstić information content (AvgIpc) is 2.84. The topological polar surface area (TPSA) is 75.8 Å². The summed E-state index contributed by atoms with van der Waals surface area (Å²) in [7, 11) is 1.69. The summed E-state index contributed by atoms with van der Waals surface area (Å²) in [6.45, 7) is 0.292. The lowest BCUT2D eigenvalue weighted by molar-refractivity contribution is -0.135. The Labute approximate surface area is 119 Å². The molecule has 3 N–H and O–H groups in total. The van der Waals surface area contributed by atoms with E-state index >= 15 is 0 Å². The predicted molar refractivity (Wildman–Crippen MR) is 77.4 cm³/mol. The molecule has 5 heteroatoms. The Morgan fingerprint density at radius 2 is 2.05 bits per heavy atom. The number of hydrogen-bond donors (Lipinski definition) is 2. The summed E-state index contributed by atoms with van der Waals surface area (Å²) in [6.07, 6.45) is 3.57. The molecule has 20 heavy (non-hydrogen) atoms. The average molecular weight is 278 g/mol. The minimum atomic E-state index is -0.726. The lowest BCUT2D eigenvalue weighted by Gasteiger charge is -2.28. The highest BCUT2D eigenvalue weighted by molar-refractivity contribution is 5.77. The van der Waals surface area contributed by atoms with Crippen molar-refractivity contribution in [2.75, 3.05) is 25.9 Å². The number of anilines is 1. The maximum Gasteiger partial charge on any atom is 0.260 e. The molecule has 0 heterocycles. The van der Waals surface area contributed by atoms with E-state index in [1.165, 1.54) is 4.90 Å². The number of benzene rings is 1. The van der Waals surface area contributed by atoms with Gasteiger partial charge in [0.15, 0.2) is 6.61 Å². The number of aliphatic hydroxyl groups is 1. The summed E-state index contributed by atoms with van der Waals surface area (Å²) >= 11 is 0. The molecule has 1 aromatic carbocycles. The number of amides is 1. The maximum atomic E-state index is 12.0. The van der Waals surface area contributed by atoms with Crippen LogP contribution in [-0.2, 0) is 4.79 Å². The first kappa shape index (κ1) is 14.7. The highest BCUT2D eigenvalue weighted by Crippen LogP contribution is 2.30. The van der Waals surface area contributed by atoms with Crippen LogP contribution in [-0.4, -0.2) is 41.7 Å². The zero-order valence-corrected chi connectivity index (χ0v) is 11.8. The maximum absolute atomic E-state index is 12.0. The first-order valence-electron chi connectivity index (χ1n) is 6.94. The van der Waals surface area contributed by atoms with Gasteiger partial charge in [0.05, 0.1) is 11.3 Å². The van der Waals surface area contributed by atoms with Crippen LogP contribution in [0.3, 0.4) is 0 Å². The Bertz CT molecular complexity index is 470. The number of ether oxygens (including phenoxy) is 1. The largest absolute Gasteiger partial charge is 0.482 e. The third-order valence-electron chi connectivity index (χ3n) is 3.76. The van der Waals surface area contributed by atoms with Gasteiger partial charge in [-0.05, 0) is 25.0 Å². The van der Waals surface area contributed by atoms with Crippen LogP contribution in [0.25, 0.3) is 0 Å². The SMILES string of the molecule is CN(CC1(O)CCCC1)C(=O)COc1ccccc1N. The van der Waals surface area contributed by atoms with Crippen LogP contribution in [0.4, 0.5) is 5.69 Å². The Hall–Kier alpha value is -1.75. The summed E-state index contributed by atoms with van der Waals surface area (Å²) in [5.41, 5.74) is 5.53. The Balaban J connectivity index is 1.84. The number of carbonyl (C=O) groups is 1. The van der Waals surface area contributed by atoms with Gasteiger partial charge in [-0.2, -0.15) is 0 Å². The molecule has 1 aliphatic carbocycles. The van der Waals surface area contributed by atoms with Gasteiger partial charge in [-0.25, -0.2) is 0 Å². The van der Waals surface area contributed by atoms with E-state index in [0.717, 1.165) is 25.7 Å². The second-order valence-electron chi connectivity index (χ2n) is 5.51. The number of nitrogens with zero attached hydrogens (tertiary/aromatic N) is 1. The van der Waals surface area contributed by atoms with Crippen molar-refractivity contribution < 1.29 is 14.6 Å². The third-order valence-corrected chi connectivity index (χ3v) is 3.76. The molecule has 0 unspecified atom stereocenters. The summed E-state index contributed by atoms with van der Waals surface area (Å²) < 4.78 is 5.42. The quantitative estimate of drug-likeness (QED) is 0.799. The lowest BCUT2D eigenvalue weighted by atomic mass is 10.0. The normalized spacial score (nSPS) is 16.9. The van der Waals surface area contributed by atoms with E-state index in [9.17, 15) is 9.90 Å². The van der Waals surface area contributed by atoms with Gasteiger partial charge in [0.25, 0.3) is 5.91 Å². The molecule has 0 atom stereocenters. The van der Waals surface area contributed by atoms with Crippen molar-refractivity contribution in [1.82, 2.24) is 4.90 Å². The Morgan fingerprint density at radius 1 is 1.40 bits per heavy atom. The van der Waals surface area contributed by atoms with E-state index in [1.807, 2.05) is 6.07 Å². The summed E-state index contributed by atoms with van der Waals surface area (Å²) in [5, 5.41) is 10.3. The molecule has 1 aromatic rings. The first-order chi connectivity index (χ1) is 9.50. The number of para-hydroxylation sites is 2. The smallest absolute Gasteiger partial charge is 0.260 e. The molecule has 1 fully saturated rings. The fraction of sp³-hybridized carbons (Fsp3) is 0.533. The Kier molecular flexibility index (Phi) is 4.49. The van der Waals surface area contributed by atoms with Crippen molar-refractivity contribution in [2.24, 2.45) is 0 Å². The van der Waals surface area contributed by atoms with Crippen molar-refractivity contribution in [2.45, 2.75) is 31.3 Å². The van der Waals surface area contributed by atoms with Crippen molar-refractivity contribution in [3.63, 3.8) is 0 Å². The molecule has 0 saturated heterocycles. The van der Waals surface area contributed by atoms with Gasteiger partial charge in [-0.1, -0.05) is 25.0 Å². The molecule has 0 bridgehead atoms. The molecule has 5 nitrogen and oxygen atoms in total. The molecule has 1 saturated carbocycles. The van der Waals surface area contributed by atoms with Crippen LogP contribution < -0.4 is 10.5 Å². The van der Waals surface area contributed by atoms with Crippen LogP contribution in [0.2, 0.25) is 0 Å². The van der Waals surface area contributed by atoms with Gasteiger partial charge in [0.1, 0.15) is 5.75 Å². The molecule has 0 aromatic heterocycles. The standard InChI is InChI=1S/C15H22N2O3/c1-17(11-15(19)8-4-5-9-15)14(18)10-20-13-7-3-2-6-12(13)16/h2-3,6-7,19H,4-5,8-11,16H2,1H3. The number of carbonyl (C=O) groups excluding carboxylic acids is 1. The predicted octanol–water partition coefficient (Wildman–Crippen LogP) is 1.41. The van der Waals surface area contributed by atoms with Gasteiger partial charge >= 0.3 is 0 Å². The summed E-state index contributed by atoms with van der Waals surface area (Å²) in [4.78, 5) is 13.5. The van der Waals surface area contributed by atoms with Crippen LogP contribution in [0, 0.1) is 0 Å². The van der Waals surface area contributed by atoms with Gasteiger partial charge in [0.2, 0.25) is 0 Å². The molecular formula is C15H22N2O3. The van der Waals surface area contributed by atoms with Crippen molar-refractivity contribution >= 4 is 11.6 Å². The van der Waals surface area contributed by atoms with Crippen LogP contribution in [0.15, 0.2) is 24.3 Å².